The number of amides is 1. The summed E-state index contributed by atoms with van der Waals surface area (Å²) in [5.41, 5.74) is 2.33. The molecular formula is C16H20N4O. The topological polar surface area (TPSA) is 69.8 Å². The monoisotopic (exact) mass is 284 g/mol. The number of aromatic nitrogens is 2. The van der Waals surface area contributed by atoms with Gasteiger partial charge in [-0.1, -0.05) is 30.3 Å². The first-order valence-electron chi connectivity index (χ1n) is 7.39. The van der Waals surface area contributed by atoms with Gasteiger partial charge in [0.25, 0.3) is 5.91 Å². The van der Waals surface area contributed by atoms with Crippen molar-refractivity contribution in [1.82, 2.24) is 20.8 Å². The molecule has 1 aromatic heterocycles. The van der Waals surface area contributed by atoms with Crippen LogP contribution in [0.3, 0.4) is 0 Å². The van der Waals surface area contributed by atoms with Crippen molar-refractivity contribution in [1.29, 1.82) is 0 Å². The van der Waals surface area contributed by atoms with Crippen molar-refractivity contribution in [3.05, 3.63) is 42.1 Å². The van der Waals surface area contributed by atoms with Gasteiger partial charge in [-0.2, -0.15) is 5.10 Å². The van der Waals surface area contributed by atoms with E-state index in [-0.39, 0.29) is 11.9 Å². The van der Waals surface area contributed by atoms with E-state index in [1.807, 2.05) is 30.3 Å². The highest BCUT2D eigenvalue weighted by Gasteiger charge is 2.24. The SMILES string of the molecule is CC1NCCCC1NC(=O)c1cn[nH]c1-c1ccccc1. The van der Waals surface area contributed by atoms with E-state index in [1.165, 1.54) is 0 Å². The smallest absolute Gasteiger partial charge is 0.255 e. The molecule has 1 aliphatic rings. The van der Waals surface area contributed by atoms with Gasteiger partial charge in [0.2, 0.25) is 0 Å². The molecule has 2 atom stereocenters. The van der Waals surface area contributed by atoms with Gasteiger partial charge in [0.05, 0.1) is 17.5 Å². The van der Waals surface area contributed by atoms with Gasteiger partial charge in [0.1, 0.15) is 0 Å². The van der Waals surface area contributed by atoms with Crippen molar-refractivity contribution in [3.8, 4) is 11.3 Å². The van der Waals surface area contributed by atoms with Crippen LogP contribution in [-0.2, 0) is 0 Å². The average molecular weight is 284 g/mol. The summed E-state index contributed by atoms with van der Waals surface area (Å²) in [4.78, 5) is 12.5. The lowest BCUT2D eigenvalue weighted by atomic mass is 9.99. The molecule has 1 amide bonds. The first kappa shape index (κ1) is 13.8. The van der Waals surface area contributed by atoms with Crippen LogP contribution in [0.25, 0.3) is 11.3 Å². The molecule has 0 radical (unpaired) electrons. The summed E-state index contributed by atoms with van der Waals surface area (Å²) in [5, 5.41) is 13.5. The van der Waals surface area contributed by atoms with E-state index in [0.717, 1.165) is 30.6 Å². The van der Waals surface area contributed by atoms with E-state index in [9.17, 15) is 4.79 Å². The lowest BCUT2D eigenvalue weighted by Gasteiger charge is -2.30. The molecule has 1 fully saturated rings. The predicted molar refractivity (Wildman–Crippen MR) is 82.0 cm³/mol. The van der Waals surface area contributed by atoms with E-state index in [0.29, 0.717) is 11.6 Å². The van der Waals surface area contributed by atoms with Gasteiger partial charge in [0.15, 0.2) is 0 Å². The number of carbonyl (C=O) groups is 1. The van der Waals surface area contributed by atoms with Gasteiger partial charge in [-0.25, -0.2) is 0 Å². The number of nitrogens with one attached hydrogen (secondary N) is 3. The second-order valence-electron chi connectivity index (χ2n) is 5.49. The molecule has 3 rings (SSSR count). The Hall–Kier alpha value is -2.14. The van der Waals surface area contributed by atoms with Crippen LogP contribution in [0.4, 0.5) is 0 Å². The molecule has 21 heavy (non-hydrogen) atoms. The summed E-state index contributed by atoms with van der Waals surface area (Å²) < 4.78 is 0. The van der Waals surface area contributed by atoms with Crippen LogP contribution in [0.1, 0.15) is 30.1 Å². The number of hydrogen-bond donors (Lipinski definition) is 3. The maximum absolute atomic E-state index is 12.5. The van der Waals surface area contributed by atoms with Crippen LogP contribution in [-0.4, -0.2) is 34.7 Å². The van der Waals surface area contributed by atoms with E-state index in [2.05, 4.69) is 27.8 Å². The van der Waals surface area contributed by atoms with Gasteiger partial charge in [-0.3, -0.25) is 9.89 Å². The van der Waals surface area contributed by atoms with Crippen LogP contribution >= 0.6 is 0 Å². The number of rotatable bonds is 3. The van der Waals surface area contributed by atoms with Gasteiger partial charge < -0.3 is 10.6 Å². The first-order chi connectivity index (χ1) is 10.3. The quantitative estimate of drug-likeness (QED) is 0.807. The molecule has 2 aromatic rings. The Labute approximate surface area is 124 Å². The molecule has 1 aromatic carbocycles. The minimum absolute atomic E-state index is 0.0665. The third-order valence-corrected chi connectivity index (χ3v) is 4.02. The van der Waals surface area contributed by atoms with Crippen LogP contribution in [0.2, 0.25) is 0 Å². The van der Waals surface area contributed by atoms with E-state index in [1.54, 1.807) is 6.20 Å². The molecule has 5 nitrogen and oxygen atoms in total. The van der Waals surface area contributed by atoms with Crippen molar-refractivity contribution in [2.75, 3.05) is 6.54 Å². The summed E-state index contributed by atoms with van der Waals surface area (Å²) in [6.45, 7) is 3.13. The molecule has 5 heteroatoms. The van der Waals surface area contributed by atoms with Gasteiger partial charge in [0, 0.05) is 17.6 Å². The highest BCUT2D eigenvalue weighted by Crippen LogP contribution is 2.21. The van der Waals surface area contributed by atoms with Crippen molar-refractivity contribution < 1.29 is 4.79 Å². The number of aromatic amines is 1. The second-order valence-corrected chi connectivity index (χ2v) is 5.49. The molecule has 0 aliphatic carbocycles. The molecular weight excluding hydrogens is 264 g/mol. The lowest BCUT2D eigenvalue weighted by molar-refractivity contribution is 0.0920. The fourth-order valence-corrected chi connectivity index (χ4v) is 2.77. The van der Waals surface area contributed by atoms with Crippen LogP contribution in [0.5, 0.6) is 0 Å². The first-order valence-corrected chi connectivity index (χ1v) is 7.39. The minimum atomic E-state index is -0.0665. The summed E-state index contributed by atoms with van der Waals surface area (Å²) in [7, 11) is 0. The molecule has 3 N–H and O–H groups in total. The van der Waals surface area contributed by atoms with Crippen LogP contribution < -0.4 is 10.6 Å². The Morgan fingerprint density at radius 2 is 2.14 bits per heavy atom. The summed E-state index contributed by atoms with van der Waals surface area (Å²) in [6.07, 6.45) is 3.70. The largest absolute Gasteiger partial charge is 0.348 e. The van der Waals surface area contributed by atoms with E-state index in [4.69, 9.17) is 0 Å². The number of nitrogens with zero attached hydrogens (tertiary/aromatic N) is 1. The van der Waals surface area contributed by atoms with Crippen LogP contribution in [0, 0.1) is 0 Å². The number of H-pyrrole nitrogens is 1. The Morgan fingerprint density at radius 1 is 1.33 bits per heavy atom. The van der Waals surface area contributed by atoms with Gasteiger partial charge >= 0.3 is 0 Å². The minimum Gasteiger partial charge on any atom is -0.348 e. The predicted octanol–water partition coefficient (Wildman–Crippen LogP) is 1.95. The maximum Gasteiger partial charge on any atom is 0.255 e. The molecule has 1 aliphatic heterocycles. The highest BCUT2D eigenvalue weighted by molar-refractivity contribution is 5.99. The number of hydrogen-bond acceptors (Lipinski definition) is 3. The summed E-state index contributed by atoms with van der Waals surface area (Å²) in [5.74, 6) is -0.0665. The standard InChI is InChI=1S/C16H20N4O/c1-11-14(8-5-9-17-11)19-16(21)13-10-18-20-15(13)12-6-3-2-4-7-12/h2-4,6-7,10-11,14,17H,5,8-9H2,1H3,(H,18,20)(H,19,21). The van der Waals surface area contributed by atoms with E-state index < -0.39 is 0 Å². The van der Waals surface area contributed by atoms with Crippen molar-refractivity contribution in [3.63, 3.8) is 0 Å². The molecule has 0 bridgehead atoms. The Kier molecular flexibility index (Phi) is 4.01. The molecule has 2 heterocycles. The van der Waals surface area contributed by atoms with Crippen molar-refractivity contribution in [2.24, 2.45) is 0 Å². The van der Waals surface area contributed by atoms with Gasteiger partial charge in [-0.15, -0.1) is 0 Å². The fourth-order valence-electron chi connectivity index (χ4n) is 2.77. The van der Waals surface area contributed by atoms with Gasteiger partial charge in [-0.05, 0) is 26.3 Å². The summed E-state index contributed by atoms with van der Waals surface area (Å²) in [6, 6.07) is 10.3. The zero-order chi connectivity index (χ0) is 14.7. The molecule has 0 saturated carbocycles. The zero-order valence-electron chi connectivity index (χ0n) is 12.1. The third kappa shape index (κ3) is 2.97. The number of carbonyl (C=O) groups excluding carboxylic acids is 1. The van der Waals surface area contributed by atoms with Crippen molar-refractivity contribution >= 4 is 5.91 Å². The molecule has 110 valence electrons. The Morgan fingerprint density at radius 3 is 2.90 bits per heavy atom. The average Bonchev–Trinajstić information content (AvgIpc) is 3.00. The van der Waals surface area contributed by atoms with Crippen molar-refractivity contribution in [2.45, 2.75) is 31.8 Å². The van der Waals surface area contributed by atoms with Crippen LogP contribution in [0.15, 0.2) is 36.5 Å². The molecule has 0 spiro atoms. The van der Waals surface area contributed by atoms with E-state index >= 15 is 0 Å². The summed E-state index contributed by atoms with van der Waals surface area (Å²) >= 11 is 0. The lowest BCUT2D eigenvalue weighted by Crippen LogP contribution is -2.51. The highest BCUT2D eigenvalue weighted by atomic mass is 16.1. The maximum atomic E-state index is 12.5. The zero-order valence-corrected chi connectivity index (χ0v) is 12.1. The number of benzene rings is 1. The second kappa shape index (κ2) is 6.10. The number of piperidine rings is 1. The molecule has 2 unspecified atom stereocenters. The Balaban J connectivity index is 1.78. The molecule has 1 saturated heterocycles. The normalized spacial score (nSPS) is 22.0. The fraction of sp³-hybridized carbons (Fsp3) is 0.375. The third-order valence-electron chi connectivity index (χ3n) is 4.02. The Bertz CT molecular complexity index is 608.